The van der Waals surface area contributed by atoms with Crippen molar-refractivity contribution in [3.05, 3.63) is 48.0 Å². The van der Waals surface area contributed by atoms with Crippen LogP contribution in [0.4, 0.5) is 0 Å². The van der Waals surface area contributed by atoms with Gasteiger partial charge in [-0.05, 0) is 12.5 Å². The number of ether oxygens (including phenoxy) is 3. The summed E-state index contributed by atoms with van der Waals surface area (Å²) in [6, 6.07) is 10.2. The van der Waals surface area contributed by atoms with Crippen LogP contribution in [0.1, 0.15) is 26.3 Å². The maximum Gasteiger partial charge on any atom is 0.0802 e. The monoisotopic (exact) mass is 306 g/mol. The van der Waals surface area contributed by atoms with Crippen molar-refractivity contribution in [3.8, 4) is 0 Å². The molecule has 0 aromatic heterocycles. The predicted molar refractivity (Wildman–Crippen MR) is 90.8 cm³/mol. The lowest BCUT2D eigenvalue weighted by molar-refractivity contribution is -0.0552. The van der Waals surface area contributed by atoms with Crippen molar-refractivity contribution in [1.82, 2.24) is 0 Å². The van der Waals surface area contributed by atoms with Crippen molar-refractivity contribution in [1.29, 1.82) is 0 Å². The van der Waals surface area contributed by atoms with Crippen LogP contribution < -0.4 is 0 Å². The number of methoxy groups -OCH3 is 2. The second kappa shape index (κ2) is 10.5. The fourth-order valence-corrected chi connectivity index (χ4v) is 2.84. The van der Waals surface area contributed by atoms with Crippen LogP contribution in [0.15, 0.2) is 42.5 Å². The molecule has 0 spiro atoms. The average Bonchev–Trinajstić information content (AvgIpc) is 2.54. The van der Waals surface area contributed by atoms with E-state index in [1.807, 2.05) is 31.2 Å². The second-order valence-electron chi connectivity index (χ2n) is 5.76. The van der Waals surface area contributed by atoms with Crippen molar-refractivity contribution >= 4 is 0 Å². The summed E-state index contributed by atoms with van der Waals surface area (Å²) in [6.45, 7) is 7.64. The van der Waals surface area contributed by atoms with Crippen LogP contribution in [-0.2, 0) is 20.8 Å². The Morgan fingerprint density at radius 1 is 1.05 bits per heavy atom. The molecule has 3 nitrogen and oxygen atoms in total. The summed E-state index contributed by atoms with van der Waals surface area (Å²) in [5.74, 6) is 0.563. The molecule has 4 atom stereocenters. The highest BCUT2D eigenvalue weighted by molar-refractivity contribution is 5.13. The average molecular weight is 306 g/mol. The Bertz CT molecular complexity index is 416. The SMILES string of the molecule is C/C=C/[C@H](OC)[C@H](C)[C@@H](OC)[C@@H](C)COCc1ccccc1. The van der Waals surface area contributed by atoms with E-state index in [1.165, 1.54) is 5.56 Å². The number of rotatable bonds is 10. The largest absolute Gasteiger partial charge is 0.381 e. The summed E-state index contributed by atoms with van der Waals surface area (Å²) < 4.78 is 17.1. The smallest absolute Gasteiger partial charge is 0.0802 e. The summed E-state index contributed by atoms with van der Waals surface area (Å²) >= 11 is 0. The van der Waals surface area contributed by atoms with Gasteiger partial charge in [-0.3, -0.25) is 0 Å². The van der Waals surface area contributed by atoms with E-state index >= 15 is 0 Å². The molecule has 0 amide bonds. The third-order valence-corrected chi connectivity index (χ3v) is 4.02. The zero-order valence-corrected chi connectivity index (χ0v) is 14.5. The molecule has 0 fully saturated rings. The molecule has 0 saturated heterocycles. The van der Waals surface area contributed by atoms with Crippen LogP contribution in [0, 0.1) is 11.8 Å². The maximum atomic E-state index is 5.85. The van der Waals surface area contributed by atoms with Gasteiger partial charge < -0.3 is 14.2 Å². The highest BCUT2D eigenvalue weighted by Gasteiger charge is 2.28. The first-order valence-electron chi connectivity index (χ1n) is 7.94. The minimum atomic E-state index is 0.0616. The maximum absolute atomic E-state index is 5.85. The standard InChI is InChI=1S/C19H30O3/c1-6-10-18(20-4)16(3)19(21-5)15(2)13-22-14-17-11-8-7-9-12-17/h6-12,15-16,18-19H,13-14H2,1-5H3/b10-6+/t15-,16-,18-,19-/m0/s1. The van der Waals surface area contributed by atoms with Crippen LogP contribution in [0.3, 0.4) is 0 Å². The molecule has 0 aliphatic heterocycles. The van der Waals surface area contributed by atoms with Crippen molar-refractivity contribution in [2.24, 2.45) is 11.8 Å². The fraction of sp³-hybridized carbons (Fsp3) is 0.579. The number of hydrogen-bond donors (Lipinski definition) is 0. The van der Waals surface area contributed by atoms with Crippen LogP contribution >= 0.6 is 0 Å². The molecule has 0 heterocycles. The van der Waals surface area contributed by atoms with E-state index in [0.29, 0.717) is 19.1 Å². The molecule has 0 unspecified atom stereocenters. The molecule has 1 aromatic carbocycles. The van der Waals surface area contributed by atoms with Crippen LogP contribution in [-0.4, -0.2) is 33.0 Å². The minimum absolute atomic E-state index is 0.0616. The van der Waals surface area contributed by atoms with Gasteiger partial charge in [0.25, 0.3) is 0 Å². The van der Waals surface area contributed by atoms with Gasteiger partial charge in [-0.25, -0.2) is 0 Å². The predicted octanol–water partition coefficient (Wildman–Crippen LogP) is 4.08. The van der Waals surface area contributed by atoms with Crippen molar-refractivity contribution in [2.75, 3.05) is 20.8 Å². The molecule has 0 bridgehead atoms. The molecule has 1 rings (SSSR count). The highest BCUT2D eigenvalue weighted by atomic mass is 16.5. The molecular formula is C19H30O3. The lowest BCUT2D eigenvalue weighted by Crippen LogP contribution is -2.37. The lowest BCUT2D eigenvalue weighted by atomic mass is 9.89. The van der Waals surface area contributed by atoms with Gasteiger partial charge in [0.1, 0.15) is 0 Å². The number of benzene rings is 1. The van der Waals surface area contributed by atoms with Crippen LogP contribution in [0.5, 0.6) is 0 Å². The van der Waals surface area contributed by atoms with Crippen LogP contribution in [0.2, 0.25) is 0 Å². The van der Waals surface area contributed by atoms with Crippen molar-refractivity contribution in [2.45, 2.75) is 39.6 Å². The second-order valence-corrected chi connectivity index (χ2v) is 5.76. The van der Waals surface area contributed by atoms with Crippen LogP contribution in [0.25, 0.3) is 0 Å². The summed E-state index contributed by atoms with van der Waals surface area (Å²) in [5.41, 5.74) is 1.19. The van der Waals surface area contributed by atoms with Gasteiger partial charge >= 0.3 is 0 Å². The van der Waals surface area contributed by atoms with Gasteiger partial charge in [-0.15, -0.1) is 0 Å². The molecular weight excluding hydrogens is 276 g/mol. The Morgan fingerprint density at radius 3 is 2.27 bits per heavy atom. The number of allylic oxidation sites excluding steroid dienone is 1. The molecule has 0 aliphatic carbocycles. The molecule has 0 saturated carbocycles. The number of hydrogen-bond acceptors (Lipinski definition) is 3. The Kier molecular flexibility index (Phi) is 9.05. The van der Waals surface area contributed by atoms with Gasteiger partial charge in [0, 0.05) is 26.1 Å². The molecule has 22 heavy (non-hydrogen) atoms. The molecule has 124 valence electrons. The Morgan fingerprint density at radius 2 is 1.73 bits per heavy atom. The van der Waals surface area contributed by atoms with Gasteiger partial charge in [0.05, 0.1) is 25.4 Å². The van der Waals surface area contributed by atoms with E-state index in [0.717, 1.165) is 0 Å². The zero-order chi connectivity index (χ0) is 16.4. The first-order chi connectivity index (χ1) is 10.6. The van der Waals surface area contributed by atoms with Crippen molar-refractivity contribution in [3.63, 3.8) is 0 Å². The lowest BCUT2D eigenvalue weighted by Gasteiger charge is -2.31. The summed E-state index contributed by atoms with van der Waals surface area (Å²) in [5, 5.41) is 0. The summed E-state index contributed by atoms with van der Waals surface area (Å²) in [6.07, 6.45) is 4.26. The summed E-state index contributed by atoms with van der Waals surface area (Å²) in [7, 11) is 3.50. The Balaban J connectivity index is 2.51. The van der Waals surface area contributed by atoms with Gasteiger partial charge in [-0.1, -0.05) is 56.3 Å². The minimum Gasteiger partial charge on any atom is -0.381 e. The van der Waals surface area contributed by atoms with Crippen molar-refractivity contribution < 1.29 is 14.2 Å². The molecule has 0 N–H and O–H groups in total. The quantitative estimate of drug-likeness (QED) is 0.610. The molecule has 3 heteroatoms. The van der Waals surface area contributed by atoms with E-state index in [-0.39, 0.29) is 18.1 Å². The van der Waals surface area contributed by atoms with Gasteiger partial charge in [0.2, 0.25) is 0 Å². The van der Waals surface area contributed by atoms with E-state index < -0.39 is 0 Å². The van der Waals surface area contributed by atoms with Gasteiger partial charge in [-0.2, -0.15) is 0 Å². The first kappa shape index (κ1) is 18.9. The Labute approximate surface area is 135 Å². The third-order valence-electron chi connectivity index (χ3n) is 4.02. The van der Waals surface area contributed by atoms with Gasteiger partial charge in [0.15, 0.2) is 0 Å². The summed E-state index contributed by atoms with van der Waals surface area (Å²) in [4.78, 5) is 0. The van der Waals surface area contributed by atoms with E-state index in [1.54, 1.807) is 14.2 Å². The fourth-order valence-electron chi connectivity index (χ4n) is 2.84. The normalized spacial score (nSPS) is 17.3. The topological polar surface area (TPSA) is 27.7 Å². The van der Waals surface area contributed by atoms with E-state index in [9.17, 15) is 0 Å². The zero-order valence-electron chi connectivity index (χ0n) is 14.5. The first-order valence-corrected chi connectivity index (χ1v) is 7.94. The van der Waals surface area contributed by atoms with E-state index in [4.69, 9.17) is 14.2 Å². The molecule has 0 aliphatic rings. The van der Waals surface area contributed by atoms with E-state index in [2.05, 4.69) is 32.1 Å². The molecule has 0 radical (unpaired) electrons. The Hall–Kier alpha value is -1.16. The highest BCUT2D eigenvalue weighted by Crippen LogP contribution is 2.22. The third kappa shape index (κ3) is 5.91. The molecule has 1 aromatic rings.